The Labute approximate surface area is 188 Å². The maximum Gasteiger partial charge on any atom is 0.314 e. The van der Waals surface area contributed by atoms with Crippen molar-refractivity contribution in [2.45, 2.75) is 105 Å². The van der Waals surface area contributed by atoms with Gasteiger partial charge in [-0.15, -0.1) is 0 Å². The molecule has 0 aromatic heterocycles. The molecule has 1 fully saturated rings. The van der Waals surface area contributed by atoms with Crippen LogP contribution in [0.4, 0.5) is 0 Å². The second-order valence-electron chi connectivity index (χ2n) is 11.8. The maximum absolute atomic E-state index is 6.28. The predicted molar refractivity (Wildman–Crippen MR) is 141 cm³/mol. The summed E-state index contributed by atoms with van der Waals surface area (Å²) in [6.07, 6.45) is 0. The minimum absolute atomic E-state index is 1.54. The normalized spacial score (nSPS) is 21.9. The maximum atomic E-state index is 6.28. The van der Waals surface area contributed by atoms with Crippen molar-refractivity contribution >= 4 is 59.4 Å². The van der Waals surface area contributed by atoms with Crippen molar-refractivity contribution in [3.8, 4) is 0 Å². The molecule has 0 aliphatic carbocycles. The van der Waals surface area contributed by atoms with Crippen LogP contribution in [0.25, 0.3) is 0 Å². The minimum atomic E-state index is -2.05. The molecule has 0 spiro atoms. The first-order valence-corrected chi connectivity index (χ1v) is 31.3. The van der Waals surface area contributed by atoms with Crippen molar-refractivity contribution in [1.82, 2.24) is 0 Å². The Morgan fingerprint density at radius 1 is 0.414 bits per heavy atom. The van der Waals surface area contributed by atoms with Crippen LogP contribution in [-0.2, 0) is 24.7 Å². The minimum Gasteiger partial charge on any atom is -0.437 e. The number of hydrogen-bond donors (Lipinski definition) is 0. The van der Waals surface area contributed by atoms with E-state index in [0.717, 1.165) is 0 Å². The summed E-state index contributed by atoms with van der Waals surface area (Å²) < 4.78 is 36.3. The van der Waals surface area contributed by atoms with Crippen LogP contribution in [0.1, 0.15) is 0 Å². The van der Waals surface area contributed by atoms with Gasteiger partial charge in [-0.3, -0.25) is 0 Å². The highest BCUT2D eigenvalue weighted by atomic mass is 28.5. The molecule has 0 aromatic rings. The summed E-state index contributed by atoms with van der Waals surface area (Å²) >= 11 is 0. The van der Waals surface area contributed by atoms with Crippen LogP contribution in [-0.4, -0.2) is 59.4 Å². The van der Waals surface area contributed by atoms with E-state index in [1.54, 1.807) is 0 Å². The van der Waals surface area contributed by atoms with Crippen molar-refractivity contribution in [3.05, 3.63) is 0 Å². The Morgan fingerprint density at radius 3 is 0.793 bits per heavy atom. The van der Waals surface area contributed by atoms with Gasteiger partial charge in [-0.1, -0.05) is 0 Å². The molecule has 1 aliphatic heterocycles. The van der Waals surface area contributed by atoms with Gasteiger partial charge in [-0.2, -0.15) is 0 Å². The average Bonchev–Trinajstić information content (AvgIpc) is 2.09. The molecular weight excluding hydrogens is 485 g/mol. The SMILES string of the molecule is C[Si](C)(C)O[Si](C)(C)O[Si](C)(C)O[Si](C)(C)C.C[Si]1(C)O[Si](C)(C)O[Si](C)(C)O1. The molecule has 1 heterocycles. The standard InChI is InChI=1S/C10H30O3Si4.C6H18O3Si3/c1-14(2,3)11-16(7,8)13-17(9,10)12-15(4,5)6;1-10(2)7-11(3,4)9-12(5,6)8-10/h1-10H3;1-6H3. The molecule has 29 heavy (non-hydrogen) atoms. The summed E-state index contributed by atoms with van der Waals surface area (Å²) in [5.74, 6) is 0. The molecule has 176 valence electrons. The lowest BCUT2D eigenvalue weighted by Gasteiger charge is -2.46. The van der Waals surface area contributed by atoms with Crippen LogP contribution < -0.4 is 0 Å². The van der Waals surface area contributed by atoms with Crippen LogP contribution >= 0.6 is 0 Å². The third-order valence-electron chi connectivity index (χ3n) is 3.07. The lowest BCUT2D eigenvalue weighted by atomic mass is 11.8. The fourth-order valence-electron chi connectivity index (χ4n) is 3.95. The van der Waals surface area contributed by atoms with E-state index in [4.69, 9.17) is 24.7 Å². The van der Waals surface area contributed by atoms with Crippen LogP contribution in [0.15, 0.2) is 0 Å². The van der Waals surface area contributed by atoms with Crippen molar-refractivity contribution < 1.29 is 24.7 Å². The van der Waals surface area contributed by atoms with E-state index in [0.29, 0.717) is 0 Å². The molecule has 0 bridgehead atoms. The summed E-state index contributed by atoms with van der Waals surface area (Å²) in [6.45, 7) is 34.4. The van der Waals surface area contributed by atoms with Gasteiger partial charge in [0.1, 0.15) is 0 Å². The summed E-state index contributed by atoms with van der Waals surface area (Å²) in [4.78, 5) is 0. The van der Waals surface area contributed by atoms with Gasteiger partial charge in [-0.05, 0) is 105 Å². The Hall–Kier alpha value is 1.28. The Bertz CT molecular complexity index is 468. The van der Waals surface area contributed by atoms with Gasteiger partial charge in [0.2, 0.25) is 0 Å². The second-order valence-corrected chi connectivity index (χ2v) is 39.2. The van der Waals surface area contributed by atoms with E-state index in [2.05, 4.69) is 105 Å². The molecule has 1 saturated heterocycles. The van der Waals surface area contributed by atoms with E-state index < -0.39 is 59.4 Å². The number of hydrogen-bond acceptors (Lipinski definition) is 6. The van der Waals surface area contributed by atoms with Gasteiger partial charge in [-0.25, -0.2) is 0 Å². The summed E-state index contributed by atoms with van der Waals surface area (Å²) in [5.41, 5.74) is 0. The van der Waals surface area contributed by atoms with E-state index in [9.17, 15) is 0 Å². The van der Waals surface area contributed by atoms with Crippen molar-refractivity contribution in [2.24, 2.45) is 0 Å². The first-order chi connectivity index (χ1) is 12.2. The zero-order chi connectivity index (χ0) is 23.7. The van der Waals surface area contributed by atoms with E-state index in [1.807, 2.05) is 0 Å². The summed E-state index contributed by atoms with van der Waals surface area (Å²) in [5, 5.41) is 0. The molecule has 1 rings (SSSR count). The van der Waals surface area contributed by atoms with Gasteiger partial charge >= 0.3 is 42.8 Å². The molecule has 0 atom stereocenters. The Balaban J connectivity index is 0.000000571. The van der Waals surface area contributed by atoms with Crippen molar-refractivity contribution in [3.63, 3.8) is 0 Å². The molecule has 0 saturated carbocycles. The van der Waals surface area contributed by atoms with Crippen LogP contribution in [0.3, 0.4) is 0 Å². The van der Waals surface area contributed by atoms with Crippen LogP contribution in [0.2, 0.25) is 105 Å². The highest BCUT2D eigenvalue weighted by Crippen LogP contribution is 2.29. The third-order valence-corrected chi connectivity index (χ3v) is 27.6. The molecule has 0 amide bonds. The van der Waals surface area contributed by atoms with Crippen LogP contribution in [0.5, 0.6) is 0 Å². The smallest absolute Gasteiger partial charge is 0.314 e. The van der Waals surface area contributed by atoms with Gasteiger partial charge in [0, 0.05) is 0 Å². The quantitative estimate of drug-likeness (QED) is 0.376. The lowest BCUT2D eigenvalue weighted by molar-refractivity contribution is 0.238. The highest BCUT2D eigenvalue weighted by Gasteiger charge is 2.50. The molecule has 0 N–H and O–H groups in total. The molecule has 13 heteroatoms. The van der Waals surface area contributed by atoms with Crippen molar-refractivity contribution in [1.29, 1.82) is 0 Å². The molecule has 0 unspecified atom stereocenters. The summed E-state index contributed by atoms with van der Waals surface area (Å²) in [6, 6.07) is 0. The van der Waals surface area contributed by atoms with E-state index >= 15 is 0 Å². The third kappa shape index (κ3) is 15.7. The first-order valence-electron chi connectivity index (χ1n) is 10.4. The fraction of sp³-hybridized carbons (Fsp3) is 1.00. The Kier molecular flexibility index (Phi) is 10.1. The summed E-state index contributed by atoms with van der Waals surface area (Å²) in [7, 11) is -12.8. The lowest BCUT2D eigenvalue weighted by Crippen LogP contribution is -2.64. The molecular formula is C16H48O6Si7. The molecule has 6 nitrogen and oxygen atoms in total. The monoisotopic (exact) mass is 532 g/mol. The van der Waals surface area contributed by atoms with Crippen LogP contribution in [0, 0.1) is 0 Å². The van der Waals surface area contributed by atoms with E-state index in [1.165, 1.54) is 0 Å². The zero-order valence-electron chi connectivity index (χ0n) is 21.9. The predicted octanol–water partition coefficient (Wildman–Crippen LogP) is 6.26. The Morgan fingerprint density at radius 2 is 0.621 bits per heavy atom. The van der Waals surface area contributed by atoms with Gasteiger partial charge in [0.25, 0.3) is 0 Å². The van der Waals surface area contributed by atoms with Gasteiger partial charge in [0.05, 0.1) is 0 Å². The molecule has 1 aliphatic rings. The van der Waals surface area contributed by atoms with Crippen molar-refractivity contribution in [2.75, 3.05) is 0 Å². The zero-order valence-corrected chi connectivity index (χ0v) is 28.9. The topological polar surface area (TPSA) is 55.4 Å². The number of rotatable bonds is 6. The highest BCUT2D eigenvalue weighted by molar-refractivity contribution is 6.92. The molecule has 0 aromatic carbocycles. The first kappa shape index (κ1) is 30.3. The molecule has 0 radical (unpaired) electrons. The fourth-order valence-corrected chi connectivity index (χ4v) is 37.4. The largest absolute Gasteiger partial charge is 0.437 e. The van der Waals surface area contributed by atoms with E-state index in [-0.39, 0.29) is 0 Å². The average molecular weight is 533 g/mol. The van der Waals surface area contributed by atoms with Gasteiger partial charge in [0.15, 0.2) is 16.6 Å². The van der Waals surface area contributed by atoms with Gasteiger partial charge < -0.3 is 24.7 Å². The second kappa shape index (κ2) is 9.64.